The molecule has 0 saturated carbocycles. The van der Waals surface area contributed by atoms with Crippen molar-refractivity contribution < 1.29 is 34.3 Å². The molecular weight excluding hydrogens is 737 g/mol. The Morgan fingerprint density at radius 2 is 0.660 bits per heavy atom. The molecule has 0 heterocycles. The van der Waals surface area contributed by atoms with E-state index in [1.807, 2.05) is 12.2 Å². The van der Waals surface area contributed by atoms with Gasteiger partial charge in [-0.15, -0.1) is 0 Å². The van der Waals surface area contributed by atoms with Gasteiger partial charge in [-0.25, -0.2) is 16.8 Å². The fourth-order valence-electron chi connectivity index (χ4n) is 6.20. The predicted octanol–water partition coefficient (Wildman–Crippen LogP) is 12.7. The van der Waals surface area contributed by atoms with E-state index in [-0.39, 0.29) is 62.8 Å². The Morgan fingerprint density at radius 1 is 0.415 bits per heavy atom. The molecule has 8 nitrogen and oxygen atoms in total. The van der Waals surface area contributed by atoms with Crippen molar-refractivity contribution in [2.75, 3.05) is 13.2 Å². The van der Waals surface area contributed by atoms with Crippen LogP contribution in [0.5, 0.6) is 0 Å². The monoisotopic (exact) mass is 819 g/mol. The van der Waals surface area contributed by atoms with Gasteiger partial charge >= 0.3 is 37.7 Å². The summed E-state index contributed by atoms with van der Waals surface area (Å²) in [7, 11) is -9.19. The third-order valence-corrected chi connectivity index (χ3v) is 10.3. The van der Waals surface area contributed by atoms with E-state index in [9.17, 15) is 25.9 Å². The second-order valence-electron chi connectivity index (χ2n) is 14.7. The van der Waals surface area contributed by atoms with Crippen molar-refractivity contribution >= 4 is 58.5 Å². The quantitative estimate of drug-likeness (QED) is 0.0198. The van der Waals surface area contributed by atoms with Crippen molar-refractivity contribution in [3.05, 3.63) is 24.3 Å². The number of hydrogen-bond donors (Lipinski definition) is 0. The standard InChI is InChI=1S/2C21H42O4S.Ca/c2*1-3-5-7-9-10-11-12-13-14-15-17-19-21(18-16-8-6-4-2)20-25-26(22,23)24;/h2*17,19,21H,3-16,18,20H2,1-2H3,(H,22,23,24);/q;;+2/p-2/b2*19-17+;. The molecule has 53 heavy (non-hydrogen) atoms. The van der Waals surface area contributed by atoms with E-state index < -0.39 is 20.8 Å². The maximum atomic E-state index is 10.7. The van der Waals surface area contributed by atoms with Gasteiger partial charge < -0.3 is 9.11 Å². The third kappa shape index (κ3) is 52.5. The smallest absolute Gasteiger partial charge is 0.726 e. The first kappa shape index (κ1) is 57.8. The molecule has 0 amide bonds. The van der Waals surface area contributed by atoms with Crippen LogP contribution >= 0.6 is 0 Å². The second kappa shape index (κ2) is 43.6. The van der Waals surface area contributed by atoms with Gasteiger partial charge in [0.05, 0.1) is 13.2 Å². The predicted molar refractivity (Wildman–Crippen MR) is 224 cm³/mol. The zero-order chi connectivity index (χ0) is 39.0. The van der Waals surface area contributed by atoms with Gasteiger partial charge in [-0.2, -0.15) is 0 Å². The molecule has 0 aliphatic carbocycles. The average molecular weight is 819 g/mol. The maximum absolute atomic E-state index is 10.7. The number of hydrogen-bond acceptors (Lipinski definition) is 8. The minimum absolute atomic E-state index is 0. The van der Waals surface area contributed by atoms with Crippen LogP contribution in [0.3, 0.4) is 0 Å². The first-order valence-electron chi connectivity index (χ1n) is 21.5. The normalized spacial score (nSPS) is 13.2. The van der Waals surface area contributed by atoms with E-state index >= 15 is 0 Å². The fourth-order valence-corrected chi connectivity index (χ4v) is 6.88. The van der Waals surface area contributed by atoms with E-state index in [0.717, 1.165) is 51.4 Å². The van der Waals surface area contributed by atoms with Gasteiger partial charge in [0.25, 0.3) is 0 Å². The number of unbranched alkanes of at least 4 members (excludes halogenated alkanes) is 24. The van der Waals surface area contributed by atoms with Gasteiger partial charge in [0.15, 0.2) is 0 Å². The molecule has 0 radical (unpaired) electrons. The van der Waals surface area contributed by atoms with E-state index in [1.165, 1.54) is 141 Å². The van der Waals surface area contributed by atoms with Gasteiger partial charge in [-0.3, -0.25) is 8.37 Å². The number of rotatable bonds is 38. The summed E-state index contributed by atoms with van der Waals surface area (Å²) in [6.07, 6.45) is 44.9. The maximum Gasteiger partial charge on any atom is 2.00 e. The van der Waals surface area contributed by atoms with Crippen LogP contribution < -0.4 is 0 Å². The minimum atomic E-state index is -4.59. The van der Waals surface area contributed by atoms with E-state index in [2.05, 4.69) is 48.2 Å². The molecule has 0 aromatic rings. The molecule has 0 bridgehead atoms. The first-order valence-corrected chi connectivity index (χ1v) is 24.2. The Kier molecular flexibility index (Phi) is 47.5. The topological polar surface area (TPSA) is 133 Å². The Bertz CT molecular complexity index is 923. The summed E-state index contributed by atoms with van der Waals surface area (Å²) in [5.41, 5.74) is 0. The zero-order valence-electron chi connectivity index (χ0n) is 34.9. The van der Waals surface area contributed by atoms with Gasteiger partial charge in [-0.1, -0.05) is 206 Å². The molecule has 0 spiro atoms. The van der Waals surface area contributed by atoms with Gasteiger partial charge in [0.2, 0.25) is 20.8 Å². The molecule has 0 aromatic carbocycles. The average Bonchev–Trinajstić information content (AvgIpc) is 3.09. The summed E-state index contributed by atoms with van der Waals surface area (Å²) < 4.78 is 72.9. The summed E-state index contributed by atoms with van der Waals surface area (Å²) >= 11 is 0. The largest absolute Gasteiger partial charge is 2.00 e. The van der Waals surface area contributed by atoms with Crippen molar-refractivity contribution in [2.45, 2.75) is 220 Å². The summed E-state index contributed by atoms with van der Waals surface area (Å²) in [6, 6.07) is 0. The molecule has 0 rings (SSSR count). The Balaban J connectivity index is -0.000000926. The van der Waals surface area contributed by atoms with Crippen LogP contribution in [0.25, 0.3) is 0 Å². The van der Waals surface area contributed by atoms with Gasteiger partial charge in [-0.05, 0) is 38.5 Å². The van der Waals surface area contributed by atoms with Crippen LogP contribution in [0.15, 0.2) is 24.3 Å². The van der Waals surface area contributed by atoms with Crippen LogP contribution in [-0.2, 0) is 29.2 Å². The van der Waals surface area contributed by atoms with Crippen LogP contribution in [0.2, 0.25) is 0 Å². The molecule has 11 heteroatoms. The fraction of sp³-hybridized carbons (Fsp3) is 0.905. The SMILES string of the molecule is CCCCCCCCCCC/C=C/C(CCCCCC)COS(=O)(=O)[O-].CCCCCCCCCCC/C=C/C(CCCCCC)COS(=O)(=O)[O-].[Ca+2]. The molecule has 0 fully saturated rings. The molecule has 2 atom stereocenters. The van der Waals surface area contributed by atoms with Crippen LogP contribution in [-0.4, -0.2) is 76.9 Å². The zero-order valence-corrected chi connectivity index (χ0v) is 38.7. The van der Waals surface area contributed by atoms with Gasteiger partial charge in [0, 0.05) is 11.8 Å². The Hall–Kier alpha value is 0.480. The Labute approximate surface area is 359 Å². The summed E-state index contributed by atoms with van der Waals surface area (Å²) in [4.78, 5) is 0. The second-order valence-corrected chi connectivity index (χ2v) is 16.8. The summed E-state index contributed by atoms with van der Waals surface area (Å²) in [6.45, 7) is 8.77. The van der Waals surface area contributed by atoms with Crippen LogP contribution in [0.1, 0.15) is 220 Å². The minimum Gasteiger partial charge on any atom is -0.726 e. The van der Waals surface area contributed by atoms with Crippen LogP contribution in [0.4, 0.5) is 0 Å². The van der Waals surface area contributed by atoms with E-state index in [4.69, 9.17) is 0 Å². The molecule has 0 aromatic heterocycles. The Morgan fingerprint density at radius 3 is 0.925 bits per heavy atom. The van der Waals surface area contributed by atoms with Crippen molar-refractivity contribution in [1.29, 1.82) is 0 Å². The van der Waals surface area contributed by atoms with Crippen molar-refractivity contribution in [1.82, 2.24) is 0 Å². The third-order valence-electron chi connectivity index (χ3n) is 9.48. The van der Waals surface area contributed by atoms with Crippen molar-refractivity contribution in [3.8, 4) is 0 Å². The molecule has 2 unspecified atom stereocenters. The van der Waals surface area contributed by atoms with Crippen molar-refractivity contribution in [3.63, 3.8) is 0 Å². The molecule has 0 aliphatic heterocycles. The van der Waals surface area contributed by atoms with E-state index in [0.29, 0.717) is 0 Å². The molecule has 0 saturated heterocycles. The molecule has 0 N–H and O–H groups in total. The number of allylic oxidation sites excluding steroid dienone is 2. The van der Waals surface area contributed by atoms with E-state index in [1.54, 1.807) is 0 Å². The molecular formula is C42H82CaO8S2. The molecule has 312 valence electrons. The first-order chi connectivity index (χ1) is 25.0. The summed E-state index contributed by atoms with van der Waals surface area (Å²) in [5.74, 6) is 0.0447. The van der Waals surface area contributed by atoms with Crippen molar-refractivity contribution in [2.24, 2.45) is 11.8 Å². The van der Waals surface area contributed by atoms with Crippen LogP contribution in [0, 0.1) is 11.8 Å². The van der Waals surface area contributed by atoms with Gasteiger partial charge in [0.1, 0.15) is 0 Å². The summed E-state index contributed by atoms with van der Waals surface area (Å²) in [5, 5.41) is 0. The molecule has 0 aliphatic rings.